The maximum atomic E-state index is 12.5. The maximum Gasteiger partial charge on any atom is 0.322 e. The predicted octanol–water partition coefficient (Wildman–Crippen LogP) is 4.27. The summed E-state index contributed by atoms with van der Waals surface area (Å²) in [5.74, 6) is 0.864. The van der Waals surface area contributed by atoms with Crippen LogP contribution >= 0.6 is 0 Å². The lowest BCUT2D eigenvalue weighted by Gasteiger charge is -2.23. The zero-order chi connectivity index (χ0) is 14.8. The van der Waals surface area contributed by atoms with Gasteiger partial charge in [0.15, 0.2) is 0 Å². The van der Waals surface area contributed by atoms with Crippen LogP contribution in [0, 0.1) is 13.8 Å². The van der Waals surface area contributed by atoms with E-state index in [0.717, 1.165) is 42.0 Å². The number of carbonyl (C=O) groups is 1. The molecule has 1 fully saturated rings. The number of aryl methyl sites for hydroxylation is 2. The molecule has 1 N–H and O–H groups in total. The number of rotatable bonds is 2. The highest BCUT2D eigenvalue weighted by Crippen LogP contribution is 2.32. The summed E-state index contributed by atoms with van der Waals surface area (Å²) in [6.07, 6.45) is 3.62. The summed E-state index contributed by atoms with van der Waals surface area (Å²) >= 11 is 0. The second-order valence-corrected chi connectivity index (χ2v) is 5.67. The minimum Gasteiger partial charge on any atom is -0.467 e. The summed E-state index contributed by atoms with van der Waals surface area (Å²) in [5, 5.41) is 3.00. The third-order valence-electron chi connectivity index (χ3n) is 3.86. The van der Waals surface area contributed by atoms with E-state index in [1.54, 1.807) is 6.26 Å². The smallest absolute Gasteiger partial charge is 0.322 e. The molecule has 21 heavy (non-hydrogen) atoms. The fourth-order valence-corrected chi connectivity index (χ4v) is 3.03. The molecule has 1 atom stereocenters. The van der Waals surface area contributed by atoms with Crippen LogP contribution in [0.5, 0.6) is 0 Å². The van der Waals surface area contributed by atoms with Gasteiger partial charge in [-0.2, -0.15) is 0 Å². The number of hydrogen-bond acceptors (Lipinski definition) is 2. The van der Waals surface area contributed by atoms with Gasteiger partial charge < -0.3 is 14.6 Å². The zero-order valence-electron chi connectivity index (χ0n) is 12.4. The van der Waals surface area contributed by atoms with E-state index in [1.165, 1.54) is 0 Å². The Bertz CT molecular complexity index is 614. The molecule has 1 aliphatic rings. The summed E-state index contributed by atoms with van der Waals surface area (Å²) in [6, 6.07) is 9.87. The summed E-state index contributed by atoms with van der Waals surface area (Å²) in [5.41, 5.74) is 3.14. The molecule has 2 heterocycles. The molecule has 4 nitrogen and oxygen atoms in total. The van der Waals surface area contributed by atoms with Crippen molar-refractivity contribution in [3.8, 4) is 0 Å². The standard InChI is InChI=1S/C17H20N2O2/c1-12-9-13(2)11-14(10-12)18-17(20)19-7-3-5-15(19)16-6-4-8-21-16/h4,6,8-11,15H,3,5,7H2,1-2H3,(H,18,20). The summed E-state index contributed by atoms with van der Waals surface area (Å²) in [6.45, 7) is 4.83. The maximum absolute atomic E-state index is 12.5. The van der Waals surface area contributed by atoms with E-state index < -0.39 is 0 Å². The van der Waals surface area contributed by atoms with Crippen molar-refractivity contribution in [3.05, 3.63) is 53.5 Å². The molecular formula is C17H20N2O2. The average molecular weight is 284 g/mol. The Morgan fingerprint density at radius 2 is 2.05 bits per heavy atom. The highest BCUT2D eigenvalue weighted by Gasteiger charge is 2.31. The van der Waals surface area contributed by atoms with Gasteiger partial charge in [-0.05, 0) is 62.1 Å². The summed E-state index contributed by atoms with van der Waals surface area (Å²) in [4.78, 5) is 14.4. The number of carbonyl (C=O) groups excluding carboxylic acids is 1. The minimum absolute atomic E-state index is 0.0471. The third kappa shape index (κ3) is 2.94. The Morgan fingerprint density at radius 3 is 2.71 bits per heavy atom. The molecule has 2 aromatic rings. The highest BCUT2D eigenvalue weighted by atomic mass is 16.3. The molecule has 0 aliphatic carbocycles. The van der Waals surface area contributed by atoms with Crippen LogP contribution in [0.15, 0.2) is 41.0 Å². The number of amides is 2. The van der Waals surface area contributed by atoms with Gasteiger partial charge in [-0.1, -0.05) is 6.07 Å². The van der Waals surface area contributed by atoms with E-state index in [4.69, 9.17) is 4.42 Å². The van der Waals surface area contributed by atoms with Gasteiger partial charge in [0.1, 0.15) is 5.76 Å². The normalized spacial score (nSPS) is 18.0. The van der Waals surface area contributed by atoms with Crippen LogP contribution in [0.2, 0.25) is 0 Å². The van der Waals surface area contributed by atoms with Gasteiger partial charge in [0.2, 0.25) is 0 Å². The van der Waals surface area contributed by atoms with Gasteiger partial charge in [-0.25, -0.2) is 4.79 Å². The van der Waals surface area contributed by atoms with Gasteiger partial charge in [-0.15, -0.1) is 0 Å². The SMILES string of the molecule is Cc1cc(C)cc(NC(=O)N2CCCC2c2ccco2)c1. The first-order valence-electron chi connectivity index (χ1n) is 7.33. The first-order valence-corrected chi connectivity index (χ1v) is 7.33. The van der Waals surface area contributed by atoms with Crippen molar-refractivity contribution in [2.45, 2.75) is 32.7 Å². The van der Waals surface area contributed by atoms with Crippen LogP contribution in [0.3, 0.4) is 0 Å². The molecule has 3 rings (SSSR count). The molecule has 110 valence electrons. The molecule has 1 aromatic carbocycles. The molecule has 0 saturated carbocycles. The first-order chi connectivity index (χ1) is 10.1. The number of hydrogen-bond donors (Lipinski definition) is 1. The van der Waals surface area contributed by atoms with Crippen molar-refractivity contribution in [1.82, 2.24) is 4.90 Å². The average Bonchev–Trinajstić information content (AvgIpc) is 3.08. The second-order valence-electron chi connectivity index (χ2n) is 5.67. The lowest BCUT2D eigenvalue weighted by atomic mass is 10.1. The molecule has 0 spiro atoms. The van der Waals surface area contributed by atoms with Crippen molar-refractivity contribution in [3.63, 3.8) is 0 Å². The number of nitrogens with one attached hydrogen (secondary N) is 1. The summed E-state index contributed by atoms with van der Waals surface area (Å²) in [7, 11) is 0. The van der Waals surface area contributed by atoms with Crippen molar-refractivity contribution >= 4 is 11.7 Å². The molecule has 4 heteroatoms. The second kappa shape index (κ2) is 5.64. The Labute approximate surface area is 124 Å². The lowest BCUT2D eigenvalue weighted by molar-refractivity contribution is 0.200. The van der Waals surface area contributed by atoms with Gasteiger partial charge in [0.25, 0.3) is 0 Å². The first kappa shape index (κ1) is 13.7. The van der Waals surface area contributed by atoms with E-state index in [2.05, 4.69) is 11.4 Å². The number of urea groups is 1. The molecule has 1 aliphatic heterocycles. The van der Waals surface area contributed by atoms with Gasteiger partial charge >= 0.3 is 6.03 Å². The number of likely N-dealkylation sites (tertiary alicyclic amines) is 1. The predicted molar refractivity (Wildman–Crippen MR) is 82.3 cm³/mol. The zero-order valence-corrected chi connectivity index (χ0v) is 12.4. The molecule has 0 bridgehead atoms. The third-order valence-corrected chi connectivity index (χ3v) is 3.86. The van der Waals surface area contributed by atoms with Gasteiger partial charge in [0.05, 0.1) is 12.3 Å². The lowest BCUT2D eigenvalue weighted by Crippen LogP contribution is -2.34. The molecule has 2 amide bonds. The van der Waals surface area contributed by atoms with E-state index in [9.17, 15) is 4.79 Å². The molecule has 0 radical (unpaired) electrons. The molecule has 1 unspecified atom stereocenters. The Balaban J connectivity index is 1.75. The monoisotopic (exact) mass is 284 g/mol. The van der Waals surface area contributed by atoms with Gasteiger partial charge in [-0.3, -0.25) is 0 Å². The van der Waals surface area contributed by atoms with E-state index in [1.807, 2.05) is 43.0 Å². The van der Waals surface area contributed by atoms with Crippen molar-refractivity contribution in [1.29, 1.82) is 0 Å². The number of furan rings is 1. The van der Waals surface area contributed by atoms with Crippen molar-refractivity contribution < 1.29 is 9.21 Å². The summed E-state index contributed by atoms with van der Waals surface area (Å²) < 4.78 is 5.46. The van der Waals surface area contributed by atoms with Gasteiger partial charge in [0, 0.05) is 12.2 Å². The Kier molecular flexibility index (Phi) is 3.69. The molecule has 1 aromatic heterocycles. The van der Waals surface area contributed by atoms with E-state index in [0.29, 0.717) is 0 Å². The molecular weight excluding hydrogens is 264 g/mol. The Hall–Kier alpha value is -2.23. The van der Waals surface area contributed by atoms with E-state index in [-0.39, 0.29) is 12.1 Å². The van der Waals surface area contributed by atoms with Crippen molar-refractivity contribution in [2.24, 2.45) is 0 Å². The Morgan fingerprint density at radius 1 is 1.29 bits per heavy atom. The number of nitrogens with zero attached hydrogens (tertiary/aromatic N) is 1. The minimum atomic E-state index is -0.0566. The van der Waals surface area contributed by atoms with Crippen LogP contribution in [0.25, 0.3) is 0 Å². The highest BCUT2D eigenvalue weighted by molar-refractivity contribution is 5.90. The fraction of sp³-hybridized carbons (Fsp3) is 0.353. The van der Waals surface area contributed by atoms with Crippen LogP contribution < -0.4 is 5.32 Å². The largest absolute Gasteiger partial charge is 0.467 e. The van der Waals surface area contributed by atoms with Crippen LogP contribution in [-0.2, 0) is 0 Å². The quantitative estimate of drug-likeness (QED) is 0.895. The van der Waals surface area contributed by atoms with Crippen LogP contribution in [0.1, 0.15) is 35.8 Å². The molecule has 1 saturated heterocycles. The number of benzene rings is 1. The van der Waals surface area contributed by atoms with E-state index >= 15 is 0 Å². The van der Waals surface area contributed by atoms with Crippen LogP contribution in [-0.4, -0.2) is 17.5 Å². The fourth-order valence-electron chi connectivity index (χ4n) is 3.03. The number of anilines is 1. The topological polar surface area (TPSA) is 45.5 Å². The van der Waals surface area contributed by atoms with Crippen molar-refractivity contribution in [2.75, 3.05) is 11.9 Å². The van der Waals surface area contributed by atoms with Crippen LogP contribution in [0.4, 0.5) is 10.5 Å².